The second-order valence-corrected chi connectivity index (χ2v) is 8.04. The maximum absolute atomic E-state index is 12.5. The third-order valence-electron chi connectivity index (χ3n) is 3.27. The predicted molar refractivity (Wildman–Crippen MR) is 79.1 cm³/mol. The van der Waals surface area contributed by atoms with Crippen molar-refractivity contribution >= 4 is 39.4 Å². The molecular weight excluding hydrogens is 322 g/mol. The van der Waals surface area contributed by atoms with Crippen molar-refractivity contribution in [2.45, 2.75) is 17.4 Å². The molecule has 1 aliphatic heterocycles. The minimum Gasteiger partial charge on any atom is -0.478 e. The minimum atomic E-state index is -3.70. The summed E-state index contributed by atoms with van der Waals surface area (Å²) in [6.45, 7) is 0. The number of thioether (sulfide) groups is 1. The molecule has 110 valence electrons. The number of carboxylic acids is 1. The first-order valence-electron chi connectivity index (χ1n) is 5.92. The lowest BCUT2D eigenvalue weighted by atomic mass is 10.2. The van der Waals surface area contributed by atoms with Crippen LogP contribution in [0.15, 0.2) is 23.1 Å². The molecule has 0 spiro atoms. The van der Waals surface area contributed by atoms with E-state index in [9.17, 15) is 13.2 Å². The molecule has 1 saturated heterocycles. The topological polar surface area (TPSA) is 74.7 Å². The van der Waals surface area contributed by atoms with E-state index in [1.807, 2.05) is 0 Å². The molecule has 0 aromatic heterocycles. The molecule has 1 aliphatic rings. The Balaban J connectivity index is 2.38. The van der Waals surface area contributed by atoms with Gasteiger partial charge in [-0.1, -0.05) is 11.6 Å². The Hall–Kier alpha value is -0.760. The van der Waals surface area contributed by atoms with Gasteiger partial charge in [-0.2, -0.15) is 16.1 Å². The number of sulfonamides is 1. The van der Waals surface area contributed by atoms with Crippen LogP contribution >= 0.6 is 23.4 Å². The number of carboxylic acid groups (broad SMARTS) is 1. The van der Waals surface area contributed by atoms with E-state index in [1.165, 1.54) is 23.5 Å². The maximum Gasteiger partial charge on any atom is 0.337 e. The summed E-state index contributed by atoms with van der Waals surface area (Å²) in [5.74, 6) is 0.451. The van der Waals surface area contributed by atoms with Gasteiger partial charge < -0.3 is 5.11 Å². The van der Waals surface area contributed by atoms with Crippen LogP contribution in [-0.4, -0.2) is 48.4 Å². The molecule has 1 aromatic carbocycles. The van der Waals surface area contributed by atoms with E-state index in [0.29, 0.717) is 0 Å². The number of nitrogens with zero attached hydrogens (tertiary/aromatic N) is 1. The van der Waals surface area contributed by atoms with Crippen molar-refractivity contribution in [2.75, 3.05) is 18.6 Å². The van der Waals surface area contributed by atoms with Crippen molar-refractivity contribution in [3.05, 3.63) is 28.8 Å². The molecule has 1 aromatic rings. The molecule has 0 radical (unpaired) electrons. The quantitative estimate of drug-likeness (QED) is 0.912. The Labute approximate surface area is 127 Å². The van der Waals surface area contributed by atoms with E-state index in [4.69, 9.17) is 16.7 Å². The third kappa shape index (κ3) is 2.95. The number of carbonyl (C=O) groups is 1. The summed E-state index contributed by atoms with van der Waals surface area (Å²) < 4.78 is 26.3. The van der Waals surface area contributed by atoms with Gasteiger partial charge >= 0.3 is 5.97 Å². The molecule has 1 unspecified atom stereocenters. The molecule has 1 N–H and O–H groups in total. The Morgan fingerprint density at radius 1 is 1.50 bits per heavy atom. The van der Waals surface area contributed by atoms with Gasteiger partial charge in [0.2, 0.25) is 10.0 Å². The molecule has 5 nitrogen and oxygen atoms in total. The van der Waals surface area contributed by atoms with E-state index >= 15 is 0 Å². The van der Waals surface area contributed by atoms with Crippen LogP contribution in [0.2, 0.25) is 5.02 Å². The molecular formula is C12H14ClNO4S2. The second kappa shape index (κ2) is 5.93. The highest BCUT2D eigenvalue weighted by Gasteiger charge is 2.31. The molecule has 1 fully saturated rings. The van der Waals surface area contributed by atoms with Crippen LogP contribution in [0.25, 0.3) is 0 Å². The van der Waals surface area contributed by atoms with Crippen molar-refractivity contribution in [1.82, 2.24) is 4.31 Å². The third-order valence-corrected chi connectivity index (χ3v) is 6.65. The number of hydrogen-bond acceptors (Lipinski definition) is 4. The normalized spacial score (nSPS) is 19.4. The van der Waals surface area contributed by atoms with Gasteiger partial charge in [0.25, 0.3) is 0 Å². The first kappa shape index (κ1) is 15.6. The lowest BCUT2D eigenvalue weighted by molar-refractivity contribution is 0.0697. The highest BCUT2D eigenvalue weighted by Crippen LogP contribution is 2.28. The van der Waals surface area contributed by atoms with Gasteiger partial charge in [0.15, 0.2) is 0 Å². The lowest BCUT2D eigenvalue weighted by Gasteiger charge is -2.23. The fourth-order valence-corrected chi connectivity index (χ4v) is 4.97. The van der Waals surface area contributed by atoms with Crippen LogP contribution in [0.3, 0.4) is 0 Å². The predicted octanol–water partition coefficient (Wildman–Crippen LogP) is 2.16. The van der Waals surface area contributed by atoms with Gasteiger partial charge in [-0.3, -0.25) is 0 Å². The van der Waals surface area contributed by atoms with E-state index in [2.05, 4.69) is 0 Å². The molecule has 0 aliphatic carbocycles. The molecule has 20 heavy (non-hydrogen) atoms. The van der Waals surface area contributed by atoms with Crippen LogP contribution in [-0.2, 0) is 10.0 Å². The first-order chi connectivity index (χ1) is 9.34. The van der Waals surface area contributed by atoms with Crippen molar-refractivity contribution < 1.29 is 18.3 Å². The zero-order valence-electron chi connectivity index (χ0n) is 10.7. The number of benzene rings is 1. The van der Waals surface area contributed by atoms with E-state index in [1.54, 1.807) is 11.8 Å². The average Bonchev–Trinajstić information content (AvgIpc) is 2.91. The second-order valence-electron chi connectivity index (χ2n) is 4.49. The van der Waals surface area contributed by atoms with Crippen molar-refractivity contribution in [2.24, 2.45) is 0 Å². The number of hydrogen-bond donors (Lipinski definition) is 1. The molecule has 1 heterocycles. The molecule has 0 bridgehead atoms. The SMILES string of the molecule is CN(C1CCSC1)S(=O)(=O)c1ccc(Cl)c(C(=O)O)c1. The summed E-state index contributed by atoms with van der Waals surface area (Å²) in [6.07, 6.45) is 0.805. The number of aromatic carboxylic acids is 1. The van der Waals surface area contributed by atoms with Crippen LogP contribution in [0, 0.1) is 0 Å². The Morgan fingerprint density at radius 3 is 2.75 bits per heavy atom. The van der Waals surface area contributed by atoms with Gasteiger partial charge in [0, 0.05) is 18.8 Å². The Morgan fingerprint density at radius 2 is 2.20 bits per heavy atom. The summed E-state index contributed by atoms with van der Waals surface area (Å²) in [6, 6.07) is 3.70. The molecule has 0 saturated carbocycles. The van der Waals surface area contributed by atoms with Crippen LogP contribution in [0.1, 0.15) is 16.8 Å². The van der Waals surface area contributed by atoms with Gasteiger partial charge in [-0.25, -0.2) is 13.2 Å². The number of rotatable bonds is 4. The van der Waals surface area contributed by atoms with E-state index < -0.39 is 16.0 Å². The molecule has 2 rings (SSSR count). The highest BCUT2D eigenvalue weighted by molar-refractivity contribution is 7.99. The Kier molecular flexibility index (Phi) is 4.63. The van der Waals surface area contributed by atoms with Crippen molar-refractivity contribution in [1.29, 1.82) is 0 Å². The van der Waals surface area contributed by atoms with Crippen LogP contribution < -0.4 is 0 Å². The molecule has 1 atom stereocenters. The summed E-state index contributed by atoms with van der Waals surface area (Å²) in [5, 5.41) is 9.03. The summed E-state index contributed by atoms with van der Waals surface area (Å²) in [4.78, 5) is 11.0. The van der Waals surface area contributed by atoms with E-state index in [0.717, 1.165) is 24.0 Å². The van der Waals surface area contributed by atoms with Crippen molar-refractivity contribution in [3.63, 3.8) is 0 Å². The fraction of sp³-hybridized carbons (Fsp3) is 0.417. The fourth-order valence-electron chi connectivity index (χ4n) is 2.00. The zero-order valence-corrected chi connectivity index (χ0v) is 13.1. The maximum atomic E-state index is 12.5. The van der Waals surface area contributed by atoms with Crippen LogP contribution in [0.4, 0.5) is 0 Å². The highest BCUT2D eigenvalue weighted by atomic mass is 35.5. The largest absolute Gasteiger partial charge is 0.478 e. The van der Waals surface area contributed by atoms with Gasteiger partial charge in [-0.05, 0) is 30.4 Å². The molecule has 0 amide bonds. The zero-order chi connectivity index (χ0) is 14.9. The summed E-state index contributed by atoms with van der Waals surface area (Å²) in [7, 11) is -2.17. The smallest absolute Gasteiger partial charge is 0.337 e. The van der Waals surface area contributed by atoms with Gasteiger partial charge in [-0.15, -0.1) is 0 Å². The monoisotopic (exact) mass is 335 g/mol. The first-order valence-corrected chi connectivity index (χ1v) is 8.90. The average molecular weight is 336 g/mol. The standard InChI is InChI=1S/C12H14ClNO4S2/c1-14(8-4-5-19-7-8)20(17,18)9-2-3-11(13)10(6-9)12(15)16/h2-3,6,8H,4-5,7H2,1H3,(H,15,16). The van der Waals surface area contributed by atoms with Gasteiger partial charge in [0.1, 0.15) is 0 Å². The van der Waals surface area contributed by atoms with E-state index in [-0.39, 0.29) is 21.5 Å². The van der Waals surface area contributed by atoms with Crippen LogP contribution in [0.5, 0.6) is 0 Å². The Bertz CT molecular complexity index is 626. The summed E-state index contributed by atoms with van der Waals surface area (Å²) >= 11 is 7.47. The minimum absolute atomic E-state index is 0.0236. The number of halogens is 1. The summed E-state index contributed by atoms with van der Waals surface area (Å²) in [5.41, 5.74) is -0.207. The lowest BCUT2D eigenvalue weighted by Crippen LogP contribution is -2.37. The molecule has 8 heteroatoms. The van der Waals surface area contributed by atoms with Gasteiger partial charge in [0.05, 0.1) is 15.5 Å². The van der Waals surface area contributed by atoms with Crippen molar-refractivity contribution in [3.8, 4) is 0 Å².